The summed E-state index contributed by atoms with van der Waals surface area (Å²) in [5.41, 5.74) is 3.34. The van der Waals surface area contributed by atoms with Gasteiger partial charge in [0.05, 0.1) is 4.90 Å². The van der Waals surface area contributed by atoms with E-state index < -0.39 is 16.1 Å². The molecule has 0 spiro atoms. The highest BCUT2D eigenvalue weighted by Crippen LogP contribution is 2.26. The van der Waals surface area contributed by atoms with Crippen molar-refractivity contribution in [3.05, 3.63) is 132 Å². The van der Waals surface area contributed by atoms with Crippen LogP contribution in [0.1, 0.15) is 47.6 Å². The summed E-state index contributed by atoms with van der Waals surface area (Å²) in [5, 5.41) is 3.00. The van der Waals surface area contributed by atoms with Crippen LogP contribution in [-0.2, 0) is 39.1 Å². The lowest BCUT2D eigenvalue weighted by molar-refractivity contribution is -0.141. The van der Waals surface area contributed by atoms with Gasteiger partial charge in [-0.1, -0.05) is 78.9 Å². The van der Waals surface area contributed by atoms with Gasteiger partial charge in [-0.25, -0.2) is 8.42 Å². The Morgan fingerprint density at radius 2 is 1.47 bits per heavy atom. The lowest BCUT2D eigenvalue weighted by atomic mass is 10.0. The summed E-state index contributed by atoms with van der Waals surface area (Å²) < 4.78 is 27.4. The van der Waals surface area contributed by atoms with Crippen molar-refractivity contribution in [2.24, 2.45) is 0 Å². The number of carbonyl (C=O) groups is 2. The smallest absolute Gasteiger partial charge is 0.247 e. The van der Waals surface area contributed by atoms with Crippen LogP contribution in [-0.4, -0.2) is 47.5 Å². The van der Waals surface area contributed by atoms with E-state index in [1.807, 2.05) is 72.8 Å². The predicted octanol–water partition coefficient (Wildman–Crippen LogP) is 4.89. The van der Waals surface area contributed by atoms with Gasteiger partial charge in [0, 0.05) is 45.0 Å². The fourth-order valence-corrected chi connectivity index (χ4v) is 6.82. The second-order valence-electron chi connectivity index (χ2n) is 10.7. The quantitative estimate of drug-likeness (QED) is 0.251. The zero-order valence-corrected chi connectivity index (χ0v) is 24.8. The van der Waals surface area contributed by atoms with E-state index in [2.05, 4.69) is 10.3 Å². The summed E-state index contributed by atoms with van der Waals surface area (Å²) in [6.07, 6.45) is 5.71. The molecule has 1 unspecified atom stereocenters. The van der Waals surface area contributed by atoms with Crippen LogP contribution in [0.25, 0.3) is 0 Å². The minimum Gasteiger partial charge on any atom is -0.350 e. The summed E-state index contributed by atoms with van der Waals surface area (Å²) in [7, 11) is -3.50. The molecule has 1 fully saturated rings. The van der Waals surface area contributed by atoms with Crippen molar-refractivity contribution in [1.29, 1.82) is 0 Å². The van der Waals surface area contributed by atoms with Crippen molar-refractivity contribution in [2.75, 3.05) is 13.1 Å². The number of hydrogen-bond donors (Lipinski definition) is 1. The third-order valence-electron chi connectivity index (χ3n) is 7.63. The molecule has 8 nitrogen and oxygen atoms in total. The normalized spacial score (nSPS) is 14.2. The van der Waals surface area contributed by atoms with Gasteiger partial charge in [-0.05, 0) is 59.7 Å². The number of carbonyl (C=O) groups excluding carboxylic acids is 2. The molecule has 4 aromatic rings. The Morgan fingerprint density at radius 3 is 2.12 bits per heavy atom. The maximum Gasteiger partial charge on any atom is 0.247 e. The van der Waals surface area contributed by atoms with E-state index in [1.165, 1.54) is 4.31 Å². The Labute approximate surface area is 253 Å². The van der Waals surface area contributed by atoms with Gasteiger partial charge in [0.15, 0.2) is 0 Å². The fourth-order valence-electron chi connectivity index (χ4n) is 5.30. The minimum absolute atomic E-state index is 0.157. The second-order valence-corrected chi connectivity index (χ2v) is 12.6. The second kappa shape index (κ2) is 14.2. The molecule has 43 heavy (non-hydrogen) atoms. The van der Waals surface area contributed by atoms with E-state index >= 15 is 0 Å². The fraction of sp³-hybridized carbons (Fsp3) is 0.265. The van der Waals surface area contributed by atoms with Crippen molar-refractivity contribution in [3.8, 4) is 0 Å². The molecular weight excluding hydrogens is 560 g/mol. The number of nitrogens with one attached hydrogen (secondary N) is 1. The molecule has 222 valence electrons. The Balaban J connectivity index is 1.36. The molecule has 9 heteroatoms. The van der Waals surface area contributed by atoms with Crippen LogP contribution in [0.3, 0.4) is 0 Å². The number of benzene rings is 3. The molecule has 2 amide bonds. The molecule has 1 aromatic heterocycles. The number of amides is 2. The van der Waals surface area contributed by atoms with E-state index in [0.717, 1.165) is 29.5 Å². The van der Waals surface area contributed by atoms with Crippen LogP contribution in [0.5, 0.6) is 0 Å². The lowest BCUT2D eigenvalue weighted by Crippen LogP contribution is -2.43. The summed E-state index contributed by atoms with van der Waals surface area (Å²) >= 11 is 0. The van der Waals surface area contributed by atoms with Crippen LogP contribution in [0.2, 0.25) is 0 Å². The van der Waals surface area contributed by atoms with E-state index in [-0.39, 0.29) is 36.2 Å². The van der Waals surface area contributed by atoms with Crippen molar-refractivity contribution >= 4 is 21.8 Å². The van der Waals surface area contributed by atoms with E-state index in [4.69, 9.17) is 0 Å². The SMILES string of the molecule is O=C(NCc1cccnc1)C(c1ccccc1)N(Cc1ccccc1)C(=O)CCc1ccc(S(=O)(=O)N2CCCC2)cc1. The molecule has 1 saturated heterocycles. The van der Waals surface area contributed by atoms with Gasteiger partial charge in [-0.2, -0.15) is 4.31 Å². The number of hydrogen-bond acceptors (Lipinski definition) is 5. The molecule has 2 heterocycles. The highest BCUT2D eigenvalue weighted by molar-refractivity contribution is 7.89. The number of rotatable bonds is 12. The Bertz CT molecular complexity index is 1590. The third-order valence-corrected chi connectivity index (χ3v) is 9.55. The zero-order chi connectivity index (χ0) is 30.1. The van der Waals surface area contributed by atoms with Gasteiger partial charge < -0.3 is 10.2 Å². The first-order chi connectivity index (χ1) is 20.9. The average molecular weight is 597 g/mol. The Hall–Kier alpha value is -4.34. The standard InChI is InChI=1S/C34H36N4O4S/c39-32(20-17-27-15-18-31(19-16-27)43(41,42)37-22-7-8-23-37)38(26-28-10-3-1-4-11-28)33(30-13-5-2-6-14-30)34(40)36-25-29-12-9-21-35-24-29/h1-6,9-16,18-19,21,24,33H,7-8,17,20,22-23,25-26H2,(H,36,40). The van der Waals surface area contributed by atoms with Crippen LogP contribution >= 0.6 is 0 Å². The first-order valence-electron chi connectivity index (χ1n) is 14.6. The van der Waals surface area contributed by atoms with Crippen molar-refractivity contribution in [3.63, 3.8) is 0 Å². The molecule has 0 saturated carbocycles. The molecule has 5 rings (SSSR count). The molecule has 1 atom stereocenters. The van der Waals surface area contributed by atoms with Crippen LogP contribution < -0.4 is 5.32 Å². The van der Waals surface area contributed by atoms with Gasteiger partial charge in [-0.15, -0.1) is 0 Å². The molecule has 0 radical (unpaired) electrons. The maximum absolute atomic E-state index is 13.9. The summed E-state index contributed by atoms with van der Waals surface area (Å²) in [6, 6.07) is 28.6. The van der Waals surface area contributed by atoms with Crippen molar-refractivity contribution in [1.82, 2.24) is 19.5 Å². The van der Waals surface area contributed by atoms with Crippen LogP contribution in [0.15, 0.2) is 114 Å². The average Bonchev–Trinajstić information content (AvgIpc) is 3.61. The topological polar surface area (TPSA) is 99.7 Å². The number of sulfonamides is 1. The van der Waals surface area contributed by atoms with E-state index in [9.17, 15) is 18.0 Å². The van der Waals surface area contributed by atoms with Gasteiger partial charge in [-0.3, -0.25) is 14.6 Å². The van der Waals surface area contributed by atoms with Crippen molar-refractivity contribution < 1.29 is 18.0 Å². The first-order valence-corrected chi connectivity index (χ1v) is 16.0. The van der Waals surface area contributed by atoms with Gasteiger partial charge in [0.2, 0.25) is 21.8 Å². The highest BCUT2D eigenvalue weighted by Gasteiger charge is 2.31. The maximum atomic E-state index is 13.9. The van der Waals surface area contributed by atoms with E-state index in [1.54, 1.807) is 41.6 Å². The third kappa shape index (κ3) is 7.74. The zero-order valence-electron chi connectivity index (χ0n) is 24.0. The predicted molar refractivity (Wildman–Crippen MR) is 165 cm³/mol. The van der Waals surface area contributed by atoms with Gasteiger partial charge in [0.25, 0.3) is 0 Å². The highest BCUT2D eigenvalue weighted by atomic mass is 32.2. The Kier molecular flexibility index (Phi) is 9.96. The summed E-state index contributed by atoms with van der Waals surface area (Å²) in [5.74, 6) is -0.459. The minimum atomic E-state index is -3.50. The number of pyridine rings is 1. The van der Waals surface area contributed by atoms with Gasteiger partial charge >= 0.3 is 0 Å². The van der Waals surface area contributed by atoms with E-state index in [0.29, 0.717) is 25.1 Å². The van der Waals surface area contributed by atoms with Crippen LogP contribution in [0.4, 0.5) is 0 Å². The molecule has 0 bridgehead atoms. The first kappa shape index (κ1) is 30.1. The molecular formula is C34H36N4O4S. The monoisotopic (exact) mass is 596 g/mol. The Morgan fingerprint density at radius 1 is 0.814 bits per heavy atom. The number of aromatic nitrogens is 1. The number of nitrogens with zero attached hydrogens (tertiary/aromatic N) is 3. The molecule has 1 aliphatic heterocycles. The number of aryl methyl sites for hydroxylation is 1. The lowest BCUT2D eigenvalue weighted by Gasteiger charge is -2.32. The molecule has 3 aromatic carbocycles. The molecule has 1 N–H and O–H groups in total. The van der Waals surface area contributed by atoms with Gasteiger partial charge in [0.1, 0.15) is 6.04 Å². The summed E-state index contributed by atoms with van der Waals surface area (Å²) in [6.45, 7) is 1.64. The molecule has 0 aliphatic carbocycles. The van der Waals surface area contributed by atoms with Crippen molar-refractivity contribution in [2.45, 2.75) is 49.7 Å². The van der Waals surface area contributed by atoms with Crippen LogP contribution in [0, 0.1) is 0 Å². The largest absolute Gasteiger partial charge is 0.350 e. The summed E-state index contributed by atoms with van der Waals surface area (Å²) in [4.78, 5) is 33.8. The molecule has 1 aliphatic rings.